The maximum absolute atomic E-state index is 5.21. The summed E-state index contributed by atoms with van der Waals surface area (Å²) in [6.07, 6.45) is 0. The molecule has 0 aliphatic carbocycles. The van der Waals surface area contributed by atoms with Crippen molar-refractivity contribution in [2.24, 2.45) is 5.92 Å². The number of ether oxygens (including phenoxy) is 1. The Bertz CT molecular complexity index is 445. The van der Waals surface area contributed by atoms with Crippen LogP contribution in [0.2, 0.25) is 0 Å². The summed E-state index contributed by atoms with van der Waals surface area (Å²) in [5, 5.41) is 3.38. The number of aromatic nitrogens is 2. The highest BCUT2D eigenvalue weighted by molar-refractivity contribution is 5.77. The lowest BCUT2D eigenvalue weighted by molar-refractivity contribution is 0.171. The van der Waals surface area contributed by atoms with E-state index in [0.29, 0.717) is 12.5 Å². The molecule has 0 aliphatic heterocycles. The van der Waals surface area contributed by atoms with Crippen molar-refractivity contribution < 1.29 is 4.74 Å². The first kappa shape index (κ1) is 11.9. The third-order valence-electron chi connectivity index (χ3n) is 2.86. The number of benzene rings is 1. The number of nitrogens with one attached hydrogen (secondary N) is 2. The molecule has 17 heavy (non-hydrogen) atoms. The predicted octanol–water partition coefficient (Wildman–Crippen LogP) is 2.65. The number of aromatic amines is 1. The number of imidazole rings is 1. The first-order valence-electron chi connectivity index (χ1n) is 5.91. The number of rotatable bonds is 5. The molecular formula is C13H19N3O. The summed E-state index contributed by atoms with van der Waals surface area (Å²) in [5.41, 5.74) is 2.03. The normalized spacial score (nSPS) is 13.2. The summed E-state index contributed by atoms with van der Waals surface area (Å²) in [5.74, 6) is 1.30. The number of fused-ring (bicyclic) bond motifs is 1. The maximum Gasteiger partial charge on any atom is 0.201 e. The largest absolute Gasteiger partial charge is 0.383 e. The fourth-order valence-corrected chi connectivity index (χ4v) is 1.78. The Morgan fingerprint density at radius 1 is 1.35 bits per heavy atom. The maximum atomic E-state index is 5.21. The van der Waals surface area contributed by atoms with Crippen molar-refractivity contribution in [1.29, 1.82) is 0 Å². The number of methoxy groups -OCH3 is 1. The van der Waals surface area contributed by atoms with Gasteiger partial charge >= 0.3 is 0 Å². The molecule has 0 saturated carbocycles. The number of H-pyrrole nitrogens is 1. The third kappa shape index (κ3) is 2.77. The summed E-state index contributed by atoms with van der Waals surface area (Å²) < 4.78 is 5.21. The number of nitrogens with zero attached hydrogens (tertiary/aromatic N) is 1. The lowest BCUT2D eigenvalue weighted by atomic mass is 10.1. The van der Waals surface area contributed by atoms with Crippen LogP contribution in [-0.4, -0.2) is 29.7 Å². The average Bonchev–Trinajstić information content (AvgIpc) is 2.70. The van der Waals surface area contributed by atoms with Crippen molar-refractivity contribution in [3.8, 4) is 0 Å². The van der Waals surface area contributed by atoms with E-state index in [1.54, 1.807) is 7.11 Å². The third-order valence-corrected chi connectivity index (χ3v) is 2.86. The van der Waals surface area contributed by atoms with E-state index < -0.39 is 0 Å². The minimum Gasteiger partial charge on any atom is -0.383 e. The molecule has 0 fully saturated rings. The first-order valence-corrected chi connectivity index (χ1v) is 5.91. The quantitative estimate of drug-likeness (QED) is 0.834. The lowest BCUT2D eigenvalue weighted by Gasteiger charge is -2.20. The highest BCUT2D eigenvalue weighted by atomic mass is 16.5. The van der Waals surface area contributed by atoms with Crippen LogP contribution in [0.1, 0.15) is 13.8 Å². The van der Waals surface area contributed by atoms with Gasteiger partial charge in [-0.25, -0.2) is 4.98 Å². The Balaban J connectivity index is 2.16. The van der Waals surface area contributed by atoms with Gasteiger partial charge in [-0.1, -0.05) is 26.0 Å². The van der Waals surface area contributed by atoms with E-state index in [1.807, 2.05) is 24.3 Å². The van der Waals surface area contributed by atoms with Crippen LogP contribution in [0.5, 0.6) is 0 Å². The van der Waals surface area contributed by atoms with Gasteiger partial charge in [0.15, 0.2) is 0 Å². The van der Waals surface area contributed by atoms with Gasteiger partial charge in [-0.3, -0.25) is 0 Å². The van der Waals surface area contributed by atoms with Crippen LogP contribution in [0.15, 0.2) is 24.3 Å². The van der Waals surface area contributed by atoms with Gasteiger partial charge in [0.25, 0.3) is 0 Å². The van der Waals surface area contributed by atoms with Gasteiger partial charge in [-0.15, -0.1) is 0 Å². The number of hydrogen-bond donors (Lipinski definition) is 2. The van der Waals surface area contributed by atoms with Crippen molar-refractivity contribution in [2.45, 2.75) is 19.9 Å². The zero-order valence-electron chi connectivity index (χ0n) is 10.5. The Labute approximate surface area is 101 Å². The van der Waals surface area contributed by atoms with Crippen LogP contribution in [0.3, 0.4) is 0 Å². The molecule has 0 amide bonds. The molecule has 0 spiro atoms. The highest BCUT2D eigenvalue weighted by Crippen LogP contribution is 2.15. The number of para-hydroxylation sites is 2. The van der Waals surface area contributed by atoms with E-state index in [-0.39, 0.29) is 6.04 Å². The summed E-state index contributed by atoms with van der Waals surface area (Å²) in [7, 11) is 1.72. The predicted molar refractivity (Wildman–Crippen MR) is 70.2 cm³/mol. The van der Waals surface area contributed by atoms with E-state index in [9.17, 15) is 0 Å². The van der Waals surface area contributed by atoms with Gasteiger partial charge in [-0.05, 0) is 18.1 Å². The van der Waals surface area contributed by atoms with Gasteiger partial charge < -0.3 is 15.0 Å². The van der Waals surface area contributed by atoms with Gasteiger partial charge in [0.2, 0.25) is 5.95 Å². The van der Waals surface area contributed by atoms with Crippen LogP contribution in [0.25, 0.3) is 11.0 Å². The van der Waals surface area contributed by atoms with E-state index in [0.717, 1.165) is 17.0 Å². The summed E-state index contributed by atoms with van der Waals surface area (Å²) >= 11 is 0. The van der Waals surface area contributed by atoms with Gasteiger partial charge in [0, 0.05) is 7.11 Å². The summed E-state index contributed by atoms with van der Waals surface area (Å²) in [6.45, 7) is 5.01. The molecule has 1 unspecified atom stereocenters. The molecule has 1 heterocycles. The molecule has 0 radical (unpaired) electrons. The summed E-state index contributed by atoms with van der Waals surface area (Å²) in [6, 6.07) is 8.27. The Morgan fingerprint density at radius 3 is 2.76 bits per heavy atom. The van der Waals surface area contributed by atoms with Gasteiger partial charge in [0.1, 0.15) is 0 Å². The SMILES string of the molecule is COCC(Nc1nc2ccccc2[nH]1)C(C)C. The second kappa shape index (κ2) is 5.19. The van der Waals surface area contributed by atoms with Gasteiger partial charge in [0.05, 0.1) is 23.7 Å². The molecular weight excluding hydrogens is 214 g/mol. The van der Waals surface area contributed by atoms with E-state index in [1.165, 1.54) is 0 Å². The molecule has 0 aliphatic rings. The molecule has 0 bridgehead atoms. The topological polar surface area (TPSA) is 49.9 Å². The minimum atomic E-state index is 0.264. The van der Waals surface area contributed by atoms with Crippen LogP contribution >= 0.6 is 0 Å². The van der Waals surface area contributed by atoms with E-state index in [2.05, 4.69) is 29.1 Å². The zero-order valence-corrected chi connectivity index (χ0v) is 10.5. The highest BCUT2D eigenvalue weighted by Gasteiger charge is 2.14. The van der Waals surface area contributed by atoms with Crippen LogP contribution < -0.4 is 5.32 Å². The van der Waals surface area contributed by atoms with Crippen LogP contribution in [0.4, 0.5) is 5.95 Å². The fourth-order valence-electron chi connectivity index (χ4n) is 1.78. The Hall–Kier alpha value is -1.55. The molecule has 4 nitrogen and oxygen atoms in total. The zero-order chi connectivity index (χ0) is 12.3. The second-order valence-electron chi connectivity index (χ2n) is 4.55. The van der Waals surface area contributed by atoms with Gasteiger partial charge in [-0.2, -0.15) is 0 Å². The molecule has 0 saturated heterocycles. The van der Waals surface area contributed by atoms with Crippen molar-refractivity contribution in [3.63, 3.8) is 0 Å². The Morgan fingerprint density at radius 2 is 2.12 bits per heavy atom. The lowest BCUT2D eigenvalue weighted by Crippen LogP contribution is -2.30. The summed E-state index contributed by atoms with van der Waals surface area (Å²) in [4.78, 5) is 7.76. The molecule has 2 N–H and O–H groups in total. The number of hydrogen-bond acceptors (Lipinski definition) is 3. The fraction of sp³-hybridized carbons (Fsp3) is 0.462. The smallest absolute Gasteiger partial charge is 0.201 e. The van der Waals surface area contributed by atoms with Crippen molar-refractivity contribution in [2.75, 3.05) is 19.0 Å². The molecule has 2 aromatic rings. The van der Waals surface area contributed by atoms with E-state index in [4.69, 9.17) is 4.74 Å². The molecule has 1 aromatic carbocycles. The number of anilines is 1. The first-order chi connectivity index (χ1) is 8.20. The van der Waals surface area contributed by atoms with Crippen molar-refractivity contribution >= 4 is 17.0 Å². The Kier molecular flexibility index (Phi) is 3.64. The van der Waals surface area contributed by atoms with E-state index >= 15 is 0 Å². The molecule has 92 valence electrons. The molecule has 1 atom stereocenters. The standard InChI is InChI=1S/C13H19N3O/c1-9(2)12(8-17-3)16-13-14-10-6-4-5-7-11(10)15-13/h4-7,9,12H,8H2,1-3H3,(H2,14,15,16). The monoisotopic (exact) mass is 233 g/mol. The van der Waals surface area contributed by atoms with Crippen molar-refractivity contribution in [1.82, 2.24) is 9.97 Å². The minimum absolute atomic E-state index is 0.264. The van der Waals surface area contributed by atoms with Crippen molar-refractivity contribution in [3.05, 3.63) is 24.3 Å². The van der Waals surface area contributed by atoms with Crippen LogP contribution in [-0.2, 0) is 4.74 Å². The molecule has 4 heteroatoms. The molecule has 1 aromatic heterocycles. The van der Waals surface area contributed by atoms with Crippen LogP contribution in [0, 0.1) is 5.92 Å². The molecule has 2 rings (SSSR count). The second-order valence-corrected chi connectivity index (χ2v) is 4.55. The average molecular weight is 233 g/mol.